The molecule has 0 spiro atoms. The van der Waals surface area contributed by atoms with Crippen LogP contribution in [0.15, 0.2) is 47.4 Å². The second-order valence-electron chi connectivity index (χ2n) is 12.0. The second kappa shape index (κ2) is 12.1. The fourth-order valence-electron chi connectivity index (χ4n) is 6.61. The lowest BCUT2D eigenvalue weighted by molar-refractivity contribution is -0.141. The largest absolute Gasteiger partial charge is 0.399 e. The molecule has 46 heavy (non-hydrogen) atoms. The van der Waals surface area contributed by atoms with Crippen LogP contribution in [0.1, 0.15) is 65.7 Å². The van der Waals surface area contributed by atoms with Crippen molar-refractivity contribution < 1.29 is 45.9 Å². The minimum atomic E-state index is -5.77. The summed E-state index contributed by atoms with van der Waals surface area (Å²) in [4.78, 5) is 60.9. The average Bonchev–Trinajstić information content (AvgIpc) is 3.60. The van der Waals surface area contributed by atoms with Crippen molar-refractivity contribution in [3.8, 4) is 0 Å². The van der Waals surface area contributed by atoms with Crippen LogP contribution in [0.4, 0.5) is 14.5 Å². The van der Waals surface area contributed by atoms with Crippen molar-refractivity contribution in [2.75, 3.05) is 11.1 Å². The molecule has 246 valence electrons. The number of halogens is 2. The van der Waals surface area contributed by atoms with Gasteiger partial charge in [-0.25, -0.2) is 8.42 Å². The maximum absolute atomic E-state index is 14.3. The second-order valence-corrected chi connectivity index (χ2v) is 16.8. The molecule has 0 saturated carbocycles. The Balaban J connectivity index is 1.19. The number of sulfone groups is 1. The van der Waals surface area contributed by atoms with Gasteiger partial charge in [0, 0.05) is 22.0 Å². The number of amides is 3. The average molecular weight is 696 g/mol. The van der Waals surface area contributed by atoms with E-state index in [1.54, 1.807) is 17.0 Å². The molecule has 2 aromatic carbocycles. The number of alkyl halides is 2. The van der Waals surface area contributed by atoms with E-state index in [4.69, 9.17) is 9.79 Å². The Hall–Kier alpha value is -3.23. The number of hydrogen-bond donors (Lipinski definition) is 4. The number of thiophene rings is 1. The third kappa shape index (κ3) is 6.11. The highest BCUT2D eigenvalue weighted by Gasteiger charge is 2.50. The first kappa shape index (κ1) is 32.7. The van der Waals surface area contributed by atoms with Crippen molar-refractivity contribution >= 4 is 62.3 Å². The Morgan fingerprint density at radius 3 is 2.52 bits per heavy atom. The van der Waals surface area contributed by atoms with Crippen LogP contribution in [0.25, 0.3) is 10.1 Å². The maximum Gasteiger partial charge on any atom is 0.399 e. The molecule has 0 radical (unpaired) electrons. The predicted molar refractivity (Wildman–Crippen MR) is 167 cm³/mol. The lowest BCUT2D eigenvalue weighted by Gasteiger charge is -2.35. The number of hydrogen-bond acceptors (Lipinski definition) is 7. The molecule has 16 heteroatoms. The first-order chi connectivity index (χ1) is 21.7. The molecule has 3 amide bonds. The van der Waals surface area contributed by atoms with Gasteiger partial charge in [-0.05, 0) is 85.9 Å². The summed E-state index contributed by atoms with van der Waals surface area (Å²) in [6.07, 6.45) is 4.63. The fourth-order valence-corrected chi connectivity index (χ4v) is 9.61. The first-order valence-corrected chi connectivity index (χ1v) is 19.0. The Morgan fingerprint density at radius 1 is 1.00 bits per heavy atom. The van der Waals surface area contributed by atoms with Gasteiger partial charge in [0.15, 0.2) is 9.84 Å². The highest BCUT2D eigenvalue weighted by molar-refractivity contribution is 7.91. The van der Waals surface area contributed by atoms with Crippen molar-refractivity contribution in [1.82, 2.24) is 10.2 Å². The molecule has 0 aliphatic carbocycles. The molecule has 3 aliphatic heterocycles. The van der Waals surface area contributed by atoms with E-state index in [0.717, 1.165) is 29.9 Å². The van der Waals surface area contributed by atoms with Gasteiger partial charge in [0.2, 0.25) is 11.8 Å². The van der Waals surface area contributed by atoms with Gasteiger partial charge >= 0.3 is 13.3 Å². The number of anilines is 1. The monoisotopic (exact) mass is 695 g/mol. The highest BCUT2D eigenvalue weighted by Crippen LogP contribution is 2.59. The number of fused-ring (bicyclic) bond motifs is 3. The van der Waals surface area contributed by atoms with Crippen LogP contribution in [0.2, 0.25) is 0 Å². The minimum absolute atomic E-state index is 0.0894. The molecule has 2 saturated heterocycles. The molecule has 3 atom stereocenters. The molecule has 0 bridgehead atoms. The standard InChI is InChI=1S/C30H32F2N3O8PS2/c31-30(32,44(39,40)41)19-7-11-24-18(14-19)16-25(45-24)28(37)34-22-6-2-1-5-21-9-10-23(35(21)29(22)38)27(36)33-20-8-12-26-17(15-20)4-3-13-46(26,42)43/h7-8,11-12,14-16,21-23H,1-6,9-10,13H2,(H,33,36)(H,34,37)(H2,39,40,41)/t21-,22-,23-/m0/s1. The van der Waals surface area contributed by atoms with E-state index in [0.29, 0.717) is 60.9 Å². The van der Waals surface area contributed by atoms with Crippen LogP contribution in [0.5, 0.6) is 0 Å². The van der Waals surface area contributed by atoms with Gasteiger partial charge in [0.1, 0.15) is 12.1 Å². The quantitative estimate of drug-likeness (QED) is 0.273. The smallest absolute Gasteiger partial charge is 0.340 e. The van der Waals surface area contributed by atoms with Crippen LogP contribution < -0.4 is 10.6 Å². The summed E-state index contributed by atoms with van der Waals surface area (Å²) < 4.78 is 65.0. The summed E-state index contributed by atoms with van der Waals surface area (Å²) in [6, 6.07) is 7.24. The number of carbonyl (C=O) groups excluding carboxylic acids is 3. The molecule has 0 unspecified atom stereocenters. The van der Waals surface area contributed by atoms with E-state index >= 15 is 0 Å². The molecule has 4 N–H and O–H groups in total. The van der Waals surface area contributed by atoms with Gasteiger partial charge in [-0.2, -0.15) is 8.78 Å². The Labute approximate surface area is 267 Å². The summed E-state index contributed by atoms with van der Waals surface area (Å²) >= 11 is 0.989. The van der Waals surface area contributed by atoms with Crippen molar-refractivity contribution in [3.05, 3.63) is 58.5 Å². The first-order valence-electron chi connectivity index (χ1n) is 14.9. The summed E-state index contributed by atoms with van der Waals surface area (Å²) in [5.74, 6) is -1.31. The van der Waals surface area contributed by atoms with Crippen molar-refractivity contribution in [2.45, 2.75) is 80.1 Å². The van der Waals surface area contributed by atoms with E-state index in [1.165, 1.54) is 18.2 Å². The molecule has 2 fully saturated rings. The molecule has 11 nitrogen and oxygen atoms in total. The van der Waals surface area contributed by atoms with E-state index in [-0.39, 0.29) is 27.0 Å². The van der Waals surface area contributed by atoms with E-state index in [2.05, 4.69) is 10.6 Å². The van der Waals surface area contributed by atoms with Gasteiger partial charge in [-0.15, -0.1) is 11.3 Å². The van der Waals surface area contributed by atoms with Gasteiger partial charge in [0.25, 0.3) is 5.91 Å². The summed E-state index contributed by atoms with van der Waals surface area (Å²) in [5, 5.41) is 5.82. The predicted octanol–water partition coefficient (Wildman–Crippen LogP) is 4.52. The fraction of sp³-hybridized carbons (Fsp3) is 0.433. The lowest BCUT2D eigenvalue weighted by atomic mass is 9.99. The zero-order chi connectivity index (χ0) is 33.0. The number of carbonyl (C=O) groups is 3. The SMILES string of the molecule is O=C(N[C@H]1CCCC[C@H]2CC[C@@H](C(=O)Nc3ccc4c(c3)CCCS4(=O)=O)N2C1=O)c1cc2cc(C(F)(F)P(=O)(O)O)ccc2s1. The normalized spacial score (nSPS) is 23.3. The maximum atomic E-state index is 14.3. The molecule has 6 rings (SSSR count). The van der Waals surface area contributed by atoms with Crippen LogP contribution in [-0.2, 0) is 36.1 Å². The molecular weight excluding hydrogens is 663 g/mol. The minimum Gasteiger partial charge on any atom is -0.340 e. The Bertz CT molecular complexity index is 1890. The van der Waals surface area contributed by atoms with Crippen LogP contribution in [-0.4, -0.2) is 64.7 Å². The van der Waals surface area contributed by atoms with E-state index < -0.39 is 58.5 Å². The zero-order valence-electron chi connectivity index (χ0n) is 24.4. The summed E-state index contributed by atoms with van der Waals surface area (Å²) in [5.41, 5.74) is -4.18. The van der Waals surface area contributed by atoms with Gasteiger partial charge in [-0.1, -0.05) is 18.9 Å². The van der Waals surface area contributed by atoms with Crippen molar-refractivity contribution in [2.24, 2.45) is 0 Å². The topological polar surface area (TPSA) is 170 Å². The molecule has 4 heterocycles. The Kier molecular flexibility index (Phi) is 8.60. The Morgan fingerprint density at radius 2 is 1.76 bits per heavy atom. The van der Waals surface area contributed by atoms with E-state index in [9.17, 15) is 36.1 Å². The summed E-state index contributed by atoms with van der Waals surface area (Å²) in [7, 11) is -9.12. The van der Waals surface area contributed by atoms with Gasteiger partial charge in [-0.3, -0.25) is 18.9 Å². The lowest BCUT2D eigenvalue weighted by Crippen LogP contribution is -2.55. The van der Waals surface area contributed by atoms with Crippen molar-refractivity contribution in [3.63, 3.8) is 0 Å². The third-order valence-corrected chi connectivity index (χ3v) is 12.9. The van der Waals surface area contributed by atoms with Crippen molar-refractivity contribution in [1.29, 1.82) is 0 Å². The third-order valence-electron chi connectivity index (χ3n) is 8.92. The molecule has 3 aromatic rings. The number of nitrogens with zero attached hydrogens (tertiary/aromatic N) is 1. The van der Waals surface area contributed by atoms with Crippen LogP contribution in [0, 0.1) is 0 Å². The van der Waals surface area contributed by atoms with Gasteiger partial charge in [0.05, 0.1) is 15.5 Å². The number of nitrogens with one attached hydrogen (secondary N) is 2. The molecule has 1 aromatic heterocycles. The molecular formula is C30H32F2N3O8PS2. The number of aryl methyl sites for hydroxylation is 1. The number of benzene rings is 2. The summed E-state index contributed by atoms with van der Waals surface area (Å²) in [6.45, 7) is 0. The van der Waals surface area contributed by atoms with Crippen LogP contribution in [0.3, 0.4) is 0 Å². The highest BCUT2D eigenvalue weighted by atomic mass is 32.2. The van der Waals surface area contributed by atoms with Gasteiger partial charge < -0.3 is 25.3 Å². The van der Waals surface area contributed by atoms with Crippen LogP contribution >= 0.6 is 18.9 Å². The zero-order valence-corrected chi connectivity index (χ0v) is 27.0. The number of rotatable bonds is 6. The molecule has 3 aliphatic rings. The van der Waals surface area contributed by atoms with E-state index in [1.807, 2.05) is 0 Å².